The molecule has 2 N–H and O–H groups in total. The lowest BCUT2D eigenvalue weighted by atomic mass is 10.0. The van der Waals surface area contributed by atoms with E-state index in [4.69, 9.17) is 9.26 Å². The summed E-state index contributed by atoms with van der Waals surface area (Å²) in [5.41, 5.74) is 3.05. The van der Waals surface area contributed by atoms with Gasteiger partial charge in [-0.15, -0.1) is 0 Å². The van der Waals surface area contributed by atoms with Gasteiger partial charge in [-0.05, 0) is 57.9 Å². The predicted octanol–water partition coefficient (Wildman–Crippen LogP) is 3.78. The van der Waals surface area contributed by atoms with Gasteiger partial charge in [-0.2, -0.15) is 0 Å². The first kappa shape index (κ1) is 18.9. The van der Waals surface area contributed by atoms with Crippen molar-refractivity contribution in [3.8, 4) is 16.9 Å². The van der Waals surface area contributed by atoms with Gasteiger partial charge in [0.2, 0.25) is 5.91 Å². The quantitative estimate of drug-likeness (QED) is 0.789. The molecule has 0 unspecified atom stereocenters. The Bertz CT molecular complexity index is 841. The SMILES string of the molecule is Cc1noc(C)c1-c1cc(NC(=O)[C@@H]2C[C@H]2F)ccc1OC[C@H]1CCCCN1. The summed E-state index contributed by atoms with van der Waals surface area (Å²) in [5.74, 6) is 0.593. The molecule has 1 aromatic carbocycles. The van der Waals surface area contributed by atoms with E-state index < -0.39 is 12.1 Å². The van der Waals surface area contributed by atoms with Crippen LogP contribution in [-0.2, 0) is 4.79 Å². The van der Waals surface area contributed by atoms with Crippen molar-refractivity contribution in [2.45, 2.75) is 51.7 Å². The Labute approximate surface area is 163 Å². The van der Waals surface area contributed by atoms with Crippen molar-refractivity contribution in [1.29, 1.82) is 0 Å². The molecule has 1 amide bonds. The van der Waals surface area contributed by atoms with E-state index in [1.807, 2.05) is 26.0 Å². The molecule has 1 saturated carbocycles. The van der Waals surface area contributed by atoms with Gasteiger partial charge in [0.1, 0.15) is 24.3 Å². The second-order valence-corrected chi connectivity index (χ2v) is 7.72. The summed E-state index contributed by atoms with van der Waals surface area (Å²) >= 11 is 0. The van der Waals surface area contributed by atoms with Gasteiger partial charge in [-0.25, -0.2) is 4.39 Å². The number of amides is 1. The number of carbonyl (C=O) groups excluding carboxylic acids is 1. The maximum Gasteiger partial charge on any atom is 0.230 e. The molecule has 3 atom stereocenters. The van der Waals surface area contributed by atoms with Crippen molar-refractivity contribution in [3.05, 3.63) is 29.7 Å². The second-order valence-electron chi connectivity index (χ2n) is 7.72. The zero-order valence-corrected chi connectivity index (χ0v) is 16.3. The van der Waals surface area contributed by atoms with Gasteiger partial charge in [-0.3, -0.25) is 4.79 Å². The number of aryl methyl sites for hydroxylation is 2. The zero-order valence-electron chi connectivity index (χ0n) is 16.3. The maximum absolute atomic E-state index is 13.2. The van der Waals surface area contributed by atoms with Gasteiger partial charge in [0.15, 0.2) is 0 Å². The normalized spacial score (nSPS) is 24.0. The number of hydrogen-bond donors (Lipinski definition) is 2. The van der Waals surface area contributed by atoms with E-state index in [2.05, 4.69) is 15.8 Å². The van der Waals surface area contributed by atoms with Crippen LogP contribution in [0.3, 0.4) is 0 Å². The van der Waals surface area contributed by atoms with Gasteiger partial charge in [-0.1, -0.05) is 11.6 Å². The number of piperidine rings is 1. The summed E-state index contributed by atoms with van der Waals surface area (Å²) in [6, 6.07) is 5.82. The monoisotopic (exact) mass is 387 g/mol. The fourth-order valence-electron chi connectivity index (χ4n) is 3.72. The molecule has 1 aliphatic carbocycles. The Morgan fingerprint density at radius 1 is 1.39 bits per heavy atom. The Balaban J connectivity index is 1.58. The van der Waals surface area contributed by atoms with Crippen LogP contribution in [0.15, 0.2) is 22.7 Å². The first-order valence-electron chi connectivity index (χ1n) is 9.91. The molecule has 28 heavy (non-hydrogen) atoms. The number of ether oxygens (including phenoxy) is 1. The van der Waals surface area contributed by atoms with Gasteiger partial charge in [0.05, 0.1) is 17.2 Å². The maximum atomic E-state index is 13.2. The van der Waals surface area contributed by atoms with Gasteiger partial charge < -0.3 is 19.9 Å². The summed E-state index contributed by atoms with van der Waals surface area (Å²) < 4.78 is 24.6. The zero-order chi connectivity index (χ0) is 19.7. The number of halogens is 1. The molecule has 1 aliphatic heterocycles. The molecule has 1 saturated heterocycles. The molecule has 2 fully saturated rings. The van der Waals surface area contributed by atoms with E-state index in [1.165, 1.54) is 12.8 Å². The number of hydrogen-bond acceptors (Lipinski definition) is 5. The molecule has 0 bridgehead atoms. The number of carbonyl (C=O) groups is 1. The summed E-state index contributed by atoms with van der Waals surface area (Å²) in [6.45, 7) is 5.33. The van der Waals surface area contributed by atoms with Gasteiger partial charge in [0, 0.05) is 17.3 Å². The van der Waals surface area contributed by atoms with Crippen molar-refractivity contribution in [2.75, 3.05) is 18.5 Å². The van der Waals surface area contributed by atoms with Crippen molar-refractivity contribution in [2.24, 2.45) is 5.92 Å². The number of benzene rings is 1. The summed E-state index contributed by atoms with van der Waals surface area (Å²) in [4.78, 5) is 12.1. The van der Waals surface area contributed by atoms with Crippen LogP contribution >= 0.6 is 0 Å². The summed E-state index contributed by atoms with van der Waals surface area (Å²) in [7, 11) is 0. The average molecular weight is 387 g/mol. The van der Waals surface area contributed by atoms with Crippen molar-refractivity contribution >= 4 is 11.6 Å². The third kappa shape index (κ3) is 4.04. The van der Waals surface area contributed by atoms with E-state index in [0.717, 1.165) is 35.5 Å². The molecule has 2 aliphatic rings. The van der Waals surface area contributed by atoms with E-state index in [9.17, 15) is 9.18 Å². The highest BCUT2D eigenvalue weighted by Crippen LogP contribution is 2.38. The number of nitrogens with one attached hydrogen (secondary N) is 2. The number of alkyl halides is 1. The average Bonchev–Trinajstić information content (AvgIpc) is 3.34. The molecule has 4 rings (SSSR count). The Morgan fingerprint density at radius 3 is 2.86 bits per heavy atom. The third-order valence-corrected chi connectivity index (χ3v) is 5.45. The van der Waals surface area contributed by atoms with Crippen molar-refractivity contribution in [1.82, 2.24) is 10.5 Å². The Morgan fingerprint density at radius 2 is 2.21 bits per heavy atom. The van der Waals surface area contributed by atoms with E-state index >= 15 is 0 Å². The molecule has 7 heteroatoms. The largest absolute Gasteiger partial charge is 0.491 e. The lowest BCUT2D eigenvalue weighted by molar-refractivity contribution is -0.117. The molecule has 2 aromatic rings. The highest BCUT2D eigenvalue weighted by atomic mass is 19.1. The minimum absolute atomic E-state index is 0.280. The van der Waals surface area contributed by atoms with Gasteiger partial charge >= 0.3 is 0 Å². The topological polar surface area (TPSA) is 76.4 Å². The van der Waals surface area contributed by atoms with Gasteiger partial charge in [0.25, 0.3) is 0 Å². The summed E-state index contributed by atoms with van der Waals surface area (Å²) in [6.07, 6.45) is 2.79. The first-order valence-corrected chi connectivity index (χ1v) is 9.91. The Hall–Kier alpha value is -2.41. The molecule has 0 radical (unpaired) electrons. The molecule has 1 aromatic heterocycles. The standard InChI is InChI=1S/C21H26FN3O3/c1-12-20(13(2)28-25-12)17-9-14(24-21(26)16-10-18(16)22)6-7-19(17)27-11-15-5-3-4-8-23-15/h6-7,9,15-16,18,23H,3-5,8,10-11H2,1-2H3,(H,24,26)/t15-,16-,18-/m1/s1. The minimum atomic E-state index is -1.02. The Kier molecular flexibility index (Phi) is 5.35. The smallest absolute Gasteiger partial charge is 0.230 e. The minimum Gasteiger partial charge on any atom is -0.491 e. The molecule has 150 valence electrons. The fraction of sp³-hybridized carbons (Fsp3) is 0.524. The van der Waals surface area contributed by atoms with Crippen LogP contribution in [-0.4, -0.2) is 36.4 Å². The molecule has 2 heterocycles. The highest BCUT2D eigenvalue weighted by Gasteiger charge is 2.43. The van der Waals surface area contributed by atoms with Crippen LogP contribution in [0, 0.1) is 19.8 Å². The predicted molar refractivity (Wildman–Crippen MR) is 104 cm³/mol. The first-order chi connectivity index (χ1) is 13.5. The lowest BCUT2D eigenvalue weighted by Gasteiger charge is -2.24. The number of rotatable bonds is 6. The number of nitrogens with zero attached hydrogens (tertiary/aromatic N) is 1. The van der Waals surface area contributed by atoms with Crippen LogP contribution in [0.25, 0.3) is 11.1 Å². The fourth-order valence-corrected chi connectivity index (χ4v) is 3.72. The van der Waals surface area contributed by atoms with Crippen molar-refractivity contribution in [3.63, 3.8) is 0 Å². The molecular formula is C21H26FN3O3. The third-order valence-electron chi connectivity index (χ3n) is 5.45. The molecule has 0 spiro atoms. The van der Waals surface area contributed by atoms with E-state index in [-0.39, 0.29) is 5.91 Å². The van der Waals surface area contributed by atoms with Crippen LogP contribution < -0.4 is 15.4 Å². The molecular weight excluding hydrogens is 361 g/mol. The van der Waals surface area contributed by atoms with Crippen LogP contribution in [0.2, 0.25) is 0 Å². The van der Waals surface area contributed by atoms with Crippen LogP contribution in [0.5, 0.6) is 5.75 Å². The number of anilines is 1. The van der Waals surface area contributed by atoms with E-state index in [1.54, 1.807) is 6.07 Å². The highest BCUT2D eigenvalue weighted by molar-refractivity contribution is 5.95. The van der Waals surface area contributed by atoms with Crippen LogP contribution in [0.1, 0.15) is 37.1 Å². The lowest BCUT2D eigenvalue weighted by Crippen LogP contribution is -2.38. The second kappa shape index (κ2) is 7.91. The summed E-state index contributed by atoms with van der Waals surface area (Å²) in [5, 5.41) is 10.3. The van der Waals surface area contributed by atoms with Crippen LogP contribution in [0.4, 0.5) is 10.1 Å². The van der Waals surface area contributed by atoms with E-state index in [0.29, 0.717) is 30.5 Å². The number of aromatic nitrogens is 1. The van der Waals surface area contributed by atoms with Crippen molar-refractivity contribution < 1.29 is 18.4 Å². The molecule has 6 nitrogen and oxygen atoms in total.